The number of nitrogens with zero attached hydrogens (tertiary/aromatic N) is 1. The number of carboxylic acid groups (broad SMARTS) is 1. The number of rotatable bonds is 7. The summed E-state index contributed by atoms with van der Waals surface area (Å²) in [5.74, 6) is 1.42. The first-order chi connectivity index (χ1) is 16.9. The fraction of sp³-hybridized carbons (Fsp3) is 0.704. The molecule has 196 valence electrons. The van der Waals surface area contributed by atoms with Crippen LogP contribution in [0.2, 0.25) is 0 Å². The van der Waals surface area contributed by atoms with E-state index in [0.29, 0.717) is 24.2 Å². The number of oxime groups is 1. The average Bonchev–Trinajstić information content (AvgIpc) is 3.09. The Balaban J connectivity index is 1.40. The van der Waals surface area contributed by atoms with Gasteiger partial charge in [0.2, 0.25) is 5.91 Å². The number of carboxylic acids is 1. The van der Waals surface area contributed by atoms with Gasteiger partial charge in [-0.25, -0.2) is 4.79 Å². The van der Waals surface area contributed by atoms with E-state index < -0.39 is 42.5 Å². The van der Waals surface area contributed by atoms with E-state index in [0.717, 1.165) is 50.7 Å². The monoisotopic (exact) mass is 499 g/mol. The van der Waals surface area contributed by atoms with Crippen LogP contribution in [0.4, 0.5) is 0 Å². The molecule has 0 saturated heterocycles. The summed E-state index contributed by atoms with van der Waals surface area (Å²) in [6, 6.07) is -1.40. The number of nitrogens with one attached hydrogen (secondary N) is 1. The number of aliphatic hydroxyl groups is 1. The Morgan fingerprint density at radius 2 is 1.94 bits per heavy atom. The van der Waals surface area contributed by atoms with Crippen LogP contribution >= 0.6 is 0 Å². The van der Waals surface area contributed by atoms with Crippen LogP contribution in [0.25, 0.3) is 0 Å². The van der Waals surface area contributed by atoms with Crippen molar-refractivity contribution in [1.29, 1.82) is 0 Å². The summed E-state index contributed by atoms with van der Waals surface area (Å²) >= 11 is 0. The van der Waals surface area contributed by atoms with E-state index in [1.807, 2.05) is 0 Å². The molecule has 2 amide bonds. The van der Waals surface area contributed by atoms with Crippen molar-refractivity contribution in [2.75, 3.05) is 6.61 Å². The Labute approximate surface area is 211 Å². The van der Waals surface area contributed by atoms with Crippen molar-refractivity contribution in [3.8, 4) is 12.3 Å². The molecule has 0 unspecified atom stereocenters. The molecule has 4 aliphatic rings. The van der Waals surface area contributed by atoms with Gasteiger partial charge in [-0.05, 0) is 80.6 Å². The smallest absolute Gasteiger partial charge is 0.326 e. The summed E-state index contributed by atoms with van der Waals surface area (Å²) in [5, 5.41) is 26.6. The van der Waals surface area contributed by atoms with Crippen LogP contribution in [0.5, 0.6) is 0 Å². The van der Waals surface area contributed by atoms with E-state index >= 15 is 0 Å². The van der Waals surface area contributed by atoms with E-state index in [1.54, 1.807) is 0 Å². The molecule has 0 bridgehead atoms. The van der Waals surface area contributed by atoms with Crippen molar-refractivity contribution in [3.05, 3.63) is 11.6 Å². The predicted molar refractivity (Wildman–Crippen MR) is 132 cm³/mol. The highest BCUT2D eigenvalue weighted by Crippen LogP contribution is 2.67. The molecule has 4 aliphatic carbocycles. The van der Waals surface area contributed by atoms with Crippen molar-refractivity contribution in [1.82, 2.24) is 5.32 Å². The third-order valence-corrected chi connectivity index (χ3v) is 9.78. The van der Waals surface area contributed by atoms with Crippen LogP contribution in [-0.4, -0.2) is 52.0 Å². The Morgan fingerprint density at radius 1 is 1.22 bits per heavy atom. The van der Waals surface area contributed by atoms with E-state index in [-0.39, 0.29) is 10.8 Å². The van der Waals surface area contributed by atoms with Crippen LogP contribution in [0.3, 0.4) is 0 Å². The Morgan fingerprint density at radius 3 is 2.61 bits per heavy atom. The van der Waals surface area contributed by atoms with Gasteiger partial charge in [0.15, 0.2) is 6.61 Å². The maximum Gasteiger partial charge on any atom is 0.326 e. The lowest BCUT2D eigenvalue weighted by atomic mass is 9.46. The van der Waals surface area contributed by atoms with Gasteiger partial charge in [-0.15, -0.1) is 6.42 Å². The molecule has 36 heavy (non-hydrogen) atoms. The maximum atomic E-state index is 12.0. The van der Waals surface area contributed by atoms with Gasteiger partial charge in [0.25, 0.3) is 5.91 Å². The lowest BCUT2D eigenvalue weighted by Crippen LogP contribution is -2.54. The number of terminal acetylenes is 1. The van der Waals surface area contributed by atoms with Crippen LogP contribution in [0, 0.1) is 40.9 Å². The summed E-state index contributed by atoms with van der Waals surface area (Å²) in [6.45, 7) is 4.10. The SMILES string of the molecule is C#C[C@@]1(O)CC[C@@H]2[C@@H]3CCC4=C/C(=N\OCC(=O)N[C@H](CC(N)=O)C(=O)O)CC[C@]4(C)[C@H]3CC[C@@]21C. The van der Waals surface area contributed by atoms with Gasteiger partial charge in [0, 0.05) is 5.41 Å². The summed E-state index contributed by atoms with van der Waals surface area (Å²) in [4.78, 5) is 39.4. The van der Waals surface area contributed by atoms with Crippen molar-refractivity contribution in [2.24, 2.45) is 39.5 Å². The molecule has 0 spiro atoms. The highest BCUT2D eigenvalue weighted by atomic mass is 16.6. The molecule has 3 saturated carbocycles. The zero-order valence-corrected chi connectivity index (χ0v) is 21.1. The third-order valence-electron chi connectivity index (χ3n) is 9.78. The van der Waals surface area contributed by atoms with E-state index in [9.17, 15) is 19.5 Å². The van der Waals surface area contributed by atoms with Crippen molar-refractivity contribution in [3.63, 3.8) is 0 Å². The lowest BCUT2D eigenvalue weighted by Gasteiger charge is -2.58. The van der Waals surface area contributed by atoms with Crippen molar-refractivity contribution >= 4 is 23.5 Å². The summed E-state index contributed by atoms with van der Waals surface area (Å²) in [6.07, 6.45) is 14.7. The van der Waals surface area contributed by atoms with Gasteiger partial charge in [0.05, 0.1) is 12.1 Å². The average molecular weight is 500 g/mol. The van der Waals surface area contributed by atoms with Gasteiger partial charge < -0.3 is 26.1 Å². The molecular weight excluding hydrogens is 462 g/mol. The van der Waals surface area contributed by atoms with E-state index in [2.05, 4.69) is 36.3 Å². The molecular formula is C27H37N3O6. The van der Waals surface area contributed by atoms with Gasteiger partial charge in [0.1, 0.15) is 11.6 Å². The summed E-state index contributed by atoms with van der Waals surface area (Å²) < 4.78 is 0. The predicted octanol–water partition coefficient (Wildman–Crippen LogP) is 2.13. The quantitative estimate of drug-likeness (QED) is 0.311. The molecule has 7 atom stereocenters. The molecule has 9 heteroatoms. The van der Waals surface area contributed by atoms with Crippen molar-refractivity contribution < 1.29 is 29.4 Å². The molecule has 3 fully saturated rings. The number of amides is 2. The molecule has 5 N–H and O–H groups in total. The number of nitrogens with two attached hydrogens (primary N) is 1. The minimum Gasteiger partial charge on any atom is -0.480 e. The van der Waals surface area contributed by atoms with Gasteiger partial charge in [-0.1, -0.05) is 30.5 Å². The molecule has 4 rings (SSSR count). The van der Waals surface area contributed by atoms with Gasteiger partial charge >= 0.3 is 5.97 Å². The van der Waals surface area contributed by atoms with Crippen molar-refractivity contribution in [2.45, 2.75) is 83.3 Å². The second kappa shape index (κ2) is 9.55. The van der Waals surface area contributed by atoms with Crippen LogP contribution in [-0.2, 0) is 19.2 Å². The molecule has 0 aliphatic heterocycles. The minimum absolute atomic E-state index is 0.0704. The summed E-state index contributed by atoms with van der Waals surface area (Å²) in [7, 11) is 0. The molecule has 0 heterocycles. The standard InChI is InChI=1S/C27H37N3O6/c1-4-27(35)12-9-20-18-6-5-16-13-17(7-10-25(16,2)19(18)8-11-26(20,27)3)30-36-15-23(32)29-21(24(33)34)14-22(28)31/h1,13,18-21,35H,5-12,14-15H2,2-3H3,(H2,28,31)(H,29,32)(H,33,34)/b30-17-/t18-,19+,20-,21-,25+,26+,27-/m1/s1. The zero-order chi connectivity index (χ0) is 26.3. The molecule has 9 nitrogen and oxygen atoms in total. The first-order valence-electron chi connectivity index (χ1n) is 12.8. The first kappa shape index (κ1) is 26.2. The number of aliphatic carboxylic acids is 1. The molecule has 0 radical (unpaired) electrons. The second-order valence-electron chi connectivity index (χ2n) is 11.5. The highest BCUT2D eigenvalue weighted by molar-refractivity contribution is 5.96. The Hall–Kier alpha value is -2.86. The Kier molecular flexibility index (Phi) is 6.95. The highest BCUT2D eigenvalue weighted by Gasteiger charge is 2.63. The maximum absolute atomic E-state index is 12.0. The second-order valence-corrected chi connectivity index (χ2v) is 11.5. The topological polar surface area (TPSA) is 151 Å². The van der Waals surface area contributed by atoms with E-state index in [1.165, 1.54) is 5.57 Å². The summed E-state index contributed by atoms with van der Waals surface area (Å²) in [5.41, 5.74) is 6.01. The molecule has 0 aromatic heterocycles. The fourth-order valence-electron chi connectivity index (χ4n) is 7.71. The first-order valence-corrected chi connectivity index (χ1v) is 12.8. The molecule has 0 aromatic carbocycles. The van der Waals surface area contributed by atoms with Gasteiger partial charge in [-0.3, -0.25) is 9.59 Å². The number of carbonyl (C=O) groups is 3. The van der Waals surface area contributed by atoms with Crippen LogP contribution < -0.4 is 11.1 Å². The normalized spacial score (nSPS) is 39.0. The zero-order valence-electron chi connectivity index (χ0n) is 21.1. The van der Waals surface area contributed by atoms with E-state index in [4.69, 9.17) is 22.1 Å². The Bertz CT molecular complexity index is 1050. The van der Waals surface area contributed by atoms with Crippen LogP contribution in [0.1, 0.15) is 71.6 Å². The number of primary amides is 1. The largest absolute Gasteiger partial charge is 0.480 e. The number of allylic oxidation sites excluding steroid dienone is 2. The number of hydrogen-bond donors (Lipinski definition) is 4. The number of carbonyl (C=O) groups excluding carboxylic acids is 2. The van der Waals surface area contributed by atoms with Crippen LogP contribution in [0.15, 0.2) is 16.8 Å². The minimum atomic E-state index is -1.40. The third kappa shape index (κ3) is 4.40. The van der Waals surface area contributed by atoms with Gasteiger partial charge in [-0.2, -0.15) is 0 Å². The number of fused-ring (bicyclic) bond motifs is 5. The lowest BCUT2D eigenvalue weighted by molar-refractivity contribution is -0.144. The molecule has 0 aromatic rings. The number of hydrogen-bond acceptors (Lipinski definition) is 6. The fourth-order valence-corrected chi connectivity index (χ4v) is 7.71.